The van der Waals surface area contributed by atoms with Gasteiger partial charge in [-0.3, -0.25) is 0 Å². The maximum absolute atomic E-state index is 10.9. The molecule has 0 aliphatic heterocycles. The summed E-state index contributed by atoms with van der Waals surface area (Å²) in [4.78, 5) is -0.619. The number of aromatic hydroxyl groups is 2. The van der Waals surface area contributed by atoms with Crippen LogP contribution in [0.2, 0.25) is 0 Å². The Morgan fingerprint density at radius 1 is 0.562 bits per heavy atom. The molecule has 12 heteroatoms. The summed E-state index contributed by atoms with van der Waals surface area (Å²) in [6.07, 6.45) is 0. The van der Waals surface area contributed by atoms with Gasteiger partial charge in [-0.15, -0.1) is 0 Å². The molecule has 2 N–H and O–H groups in total. The fourth-order valence-electron chi connectivity index (χ4n) is 2.90. The Balaban J connectivity index is 0.000000301. The number of hydrogen-bond acceptors (Lipinski definition) is 8. The van der Waals surface area contributed by atoms with Crippen molar-refractivity contribution in [3.63, 3.8) is 0 Å². The Morgan fingerprint density at radius 3 is 1.22 bits per heavy atom. The smallest absolute Gasteiger partial charge is 0.744 e. The largest absolute Gasteiger partial charge is 1.00 e. The molecule has 0 bridgehead atoms. The molecular weight excluding hydrogens is 478 g/mol. The van der Waals surface area contributed by atoms with E-state index < -0.39 is 20.2 Å². The second-order valence-electron chi connectivity index (χ2n) is 6.23. The average molecular weight is 492 g/mol. The van der Waals surface area contributed by atoms with Crippen molar-refractivity contribution < 1.29 is 95.3 Å². The van der Waals surface area contributed by atoms with Crippen molar-refractivity contribution in [2.45, 2.75) is 9.79 Å². The van der Waals surface area contributed by atoms with Gasteiger partial charge in [-0.25, -0.2) is 16.8 Å². The van der Waals surface area contributed by atoms with Crippen LogP contribution in [-0.4, -0.2) is 36.2 Å². The predicted molar refractivity (Wildman–Crippen MR) is 107 cm³/mol. The van der Waals surface area contributed by atoms with E-state index in [9.17, 15) is 36.2 Å². The van der Waals surface area contributed by atoms with Gasteiger partial charge in [0.25, 0.3) is 0 Å². The maximum Gasteiger partial charge on any atom is 1.00 e. The molecule has 0 spiro atoms. The molecule has 0 aliphatic carbocycles. The van der Waals surface area contributed by atoms with Crippen molar-refractivity contribution in [3.8, 4) is 11.5 Å². The average Bonchev–Trinajstić information content (AvgIpc) is 2.66. The summed E-state index contributed by atoms with van der Waals surface area (Å²) in [5.41, 5.74) is 0. The Hall–Kier alpha value is -1.18. The Kier molecular flexibility index (Phi) is 10.2. The van der Waals surface area contributed by atoms with E-state index in [1.165, 1.54) is 48.5 Å². The molecular formula is C20H14Na2O8S2. The van der Waals surface area contributed by atoms with Crippen LogP contribution in [0.5, 0.6) is 11.5 Å². The zero-order chi connectivity index (χ0) is 22.1. The fourth-order valence-corrected chi connectivity index (χ4v) is 4.28. The van der Waals surface area contributed by atoms with Gasteiger partial charge < -0.3 is 19.3 Å². The summed E-state index contributed by atoms with van der Waals surface area (Å²) in [5, 5.41) is 20.1. The molecule has 32 heavy (non-hydrogen) atoms. The molecule has 0 saturated heterocycles. The van der Waals surface area contributed by atoms with Gasteiger partial charge in [-0.05, 0) is 47.2 Å². The standard InChI is InChI=1S/2C10H8O4S.2Na/c2*11-8-5-4-7-2-1-3-10(9(7)6-8)15(12,13)14;;/h2*1-6,11H,(H,12,13,14);;/q;;2*+1/p-2. The van der Waals surface area contributed by atoms with Crippen LogP contribution in [0.4, 0.5) is 0 Å². The van der Waals surface area contributed by atoms with E-state index >= 15 is 0 Å². The summed E-state index contributed by atoms with van der Waals surface area (Å²) in [6.45, 7) is 0. The monoisotopic (exact) mass is 492 g/mol. The zero-order valence-electron chi connectivity index (χ0n) is 17.1. The molecule has 4 aromatic carbocycles. The molecule has 0 amide bonds. The van der Waals surface area contributed by atoms with Gasteiger partial charge in [0.1, 0.15) is 31.7 Å². The molecule has 0 saturated carbocycles. The maximum atomic E-state index is 10.9. The predicted octanol–water partition coefficient (Wildman–Crippen LogP) is -3.09. The van der Waals surface area contributed by atoms with Gasteiger partial charge in [0, 0.05) is 10.8 Å². The van der Waals surface area contributed by atoms with E-state index in [1.54, 1.807) is 24.3 Å². The Bertz CT molecular complexity index is 1360. The minimum Gasteiger partial charge on any atom is -0.744 e. The number of rotatable bonds is 2. The molecule has 4 rings (SSSR count). The normalized spacial score (nSPS) is 11.1. The second-order valence-corrected chi connectivity index (χ2v) is 8.93. The van der Waals surface area contributed by atoms with Crippen LogP contribution in [0.1, 0.15) is 0 Å². The quantitative estimate of drug-likeness (QED) is 0.220. The van der Waals surface area contributed by atoms with Crippen molar-refractivity contribution in [3.05, 3.63) is 72.8 Å². The van der Waals surface area contributed by atoms with E-state index in [-0.39, 0.29) is 91.2 Å². The molecule has 156 valence electrons. The number of fused-ring (bicyclic) bond motifs is 2. The minimum absolute atomic E-state index is 0. The van der Waals surface area contributed by atoms with Crippen LogP contribution in [0.25, 0.3) is 21.5 Å². The summed E-state index contributed by atoms with van der Waals surface area (Å²) in [5.74, 6) is -0.141. The summed E-state index contributed by atoms with van der Waals surface area (Å²) >= 11 is 0. The van der Waals surface area contributed by atoms with E-state index in [0.717, 1.165) is 0 Å². The van der Waals surface area contributed by atoms with Crippen molar-refractivity contribution in [1.82, 2.24) is 0 Å². The Morgan fingerprint density at radius 2 is 0.906 bits per heavy atom. The second kappa shape index (κ2) is 11.3. The zero-order valence-corrected chi connectivity index (χ0v) is 22.7. The SMILES string of the molecule is O=S(=O)([O-])c1cccc2ccc(O)cc12.O=S(=O)([O-])c1cccc2ccc(O)cc12.[Na+].[Na+]. The number of hydrogen-bond donors (Lipinski definition) is 2. The van der Waals surface area contributed by atoms with Gasteiger partial charge in [0.15, 0.2) is 0 Å². The van der Waals surface area contributed by atoms with Gasteiger partial charge in [0.05, 0.1) is 9.79 Å². The first-order chi connectivity index (χ1) is 14.0. The van der Waals surface area contributed by atoms with E-state index in [0.29, 0.717) is 10.8 Å². The van der Waals surface area contributed by atoms with Crippen LogP contribution >= 0.6 is 0 Å². The van der Waals surface area contributed by atoms with Crippen LogP contribution in [0.3, 0.4) is 0 Å². The van der Waals surface area contributed by atoms with Crippen molar-refractivity contribution in [2.75, 3.05) is 0 Å². The first-order valence-electron chi connectivity index (χ1n) is 8.32. The van der Waals surface area contributed by atoms with Crippen molar-refractivity contribution in [2.24, 2.45) is 0 Å². The molecule has 0 aromatic heterocycles. The first kappa shape index (κ1) is 28.9. The summed E-state index contributed by atoms with van der Waals surface area (Å²) in [6, 6.07) is 17.3. The summed E-state index contributed by atoms with van der Waals surface area (Å²) < 4.78 is 65.5. The molecule has 0 heterocycles. The number of phenolic OH excluding ortho intramolecular Hbond substituents is 2. The fraction of sp³-hybridized carbons (Fsp3) is 0. The molecule has 4 aromatic rings. The Labute approximate surface area is 229 Å². The van der Waals surface area contributed by atoms with Gasteiger partial charge in [-0.1, -0.05) is 36.4 Å². The van der Waals surface area contributed by atoms with Gasteiger partial charge in [-0.2, -0.15) is 0 Å². The van der Waals surface area contributed by atoms with Crippen LogP contribution in [-0.2, 0) is 20.2 Å². The van der Waals surface area contributed by atoms with Crippen LogP contribution in [0, 0.1) is 0 Å². The molecule has 0 radical (unpaired) electrons. The van der Waals surface area contributed by atoms with Gasteiger partial charge in [0.2, 0.25) is 0 Å². The molecule has 0 aliphatic rings. The number of benzene rings is 4. The van der Waals surface area contributed by atoms with E-state index in [2.05, 4.69) is 0 Å². The van der Waals surface area contributed by atoms with E-state index in [1.807, 2.05) is 0 Å². The molecule has 0 atom stereocenters. The minimum atomic E-state index is -4.51. The first-order valence-corrected chi connectivity index (χ1v) is 11.1. The van der Waals surface area contributed by atoms with Crippen LogP contribution in [0.15, 0.2) is 82.6 Å². The third-order valence-corrected chi connectivity index (χ3v) is 5.98. The third-order valence-electron chi connectivity index (χ3n) is 4.19. The number of phenols is 2. The van der Waals surface area contributed by atoms with Crippen LogP contribution < -0.4 is 59.1 Å². The topological polar surface area (TPSA) is 155 Å². The van der Waals surface area contributed by atoms with E-state index in [4.69, 9.17) is 0 Å². The molecule has 0 fully saturated rings. The van der Waals surface area contributed by atoms with Gasteiger partial charge >= 0.3 is 59.1 Å². The van der Waals surface area contributed by atoms with Crippen molar-refractivity contribution >= 4 is 41.8 Å². The van der Waals surface area contributed by atoms with Crippen molar-refractivity contribution in [1.29, 1.82) is 0 Å². The molecule has 8 nitrogen and oxygen atoms in total. The third kappa shape index (κ3) is 6.91. The molecule has 0 unspecified atom stereocenters. The summed E-state index contributed by atoms with van der Waals surface area (Å²) in [7, 11) is -9.01.